The number of rotatable bonds is 2. The van der Waals surface area contributed by atoms with Gasteiger partial charge < -0.3 is 11.5 Å². The second-order valence-electron chi connectivity index (χ2n) is 2.61. The number of benzene rings is 1. The van der Waals surface area contributed by atoms with E-state index in [1.165, 1.54) is 12.1 Å². The van der Waals surface area contributed by atoms with Gasteiger partial charge in [0.25, 0.3) is 0 Å². The molecule has 0 aliphatic carbocycles. The summed E-state index contributed by atoms with van der Waals surface area (Å²) in [6, 6.07) is 2.41. The Labute approximate surface area is 93.3 Å². The van der Waals surface area contributed by atoms with Crippen LogP contribution in [0.15, 0.2) is 17.1 Å². The zero-order chi connectivity index (χ0) is 10.7. The maximum absolute atomic E-state index is 13.0. The van der Waals surface area contributed by atoms with Crippen LogP contribution in [0.1, 0.15) is 5.56 Å². The third-order valence-electron chi connectivity index (χ3n) is 1.49. The van der Waals surface area contributed by atoms with Gasteiger partial charge in [0.05, 0.1) is 10.1 Å². The summed E-state index contributed by atoms with van der Waals surface area (Å²) in [5, 5.41) is 0. The van der Waals surface area contributed by atoms with E-state index < -0.39 is 11.6 Å². The standard InChI is InChI=1S/C8H8F2IN3/c9-5-1-4(3-14-8(12)13)2-6(10)7(5)11/h1-2H,3H2,(H4,12,13,14)/i11+4. The highest BCUT2D eigenvalue weighted by molar-refractivity contribution is 14.1. The molecule has 6 heteroatoms. The van der Waals surface area contributed by atoms with Crippen LogP contribution < -0.4 is 11.5 Å². The molecule has 1 aromatic carbocycles. The fourth-order valence-electron chi connectivity index (χ4n) is 0.882. The Morgan fingerprint density at radius 1 is 1.29 bits per heavy atom. The molecule has 0 aromatic heterocycles. The third-order valence-corrected chi connectivity index (χ3v) is 2.52. The van der Waals surface area contributed by atoms with Gasteiger partial charge in [-0.1, -0.05) is 0 Å². The normalized spacial score (nSPS) is 9.93. The molecule has 0 radical (unpaired) electrons. The predicted octanol–water partition coefficient (Wildman–Crippen LogP) is 1.34. The molecule has 0 atom stereocenters. The van der Waals surface area contributed by atoms with E-state index in [0.717, 1.165) is 0 Å². The van der Waals surface area contributed by atoms with Gasteiger partial charge in [-0.2, -0.15) is 0 Å². The van der Waals surface area contributed by atoms with Gasteiger partial charge in [0, 0.05) is 0 Å². The highest BCUT2D eigenvalue weighted by Crippen LogP contribution is 2.17. The van der Waals surface area contributed by atoms with Gasteiger partial charge in [-0.3, -0.25) is 0 Å². The number of halogens is 3. The van der Waals surface area contributed by atoms with E-state index in [2.05, 4.69) is 4.99 Å². The fourth-order valence-corrected chi connectivity index (χ4v) is 1.19. The fraction of sp³-hybridized carbons (Fsp3) is 0.125. The molecule has 14 heavy (non-hydrogen) atoms. The third kappa shape index (κ3) is 2.79. The molecule has 0 aliphatic rings. The summed E-state index contributed by atoms with van der Waals surface area (Å²) in [4.78, 5) is 3.64. The van der Waals surface area contributed by atoms with Crippen molar-refractivity contribution in [3.8, 4) is 0 Å². The van der Waals surface area contributed by atoms with Gasteiger partial charge in [-0.05, 0) is 40.3 Å². The van der Waals surface area contributed by atoms with Crippen molar-refractivity contribution >= 4 is 28.6 Å². The van der Waals surface area contributed by atoms with Gasteiger partial charge in [-0.15, -0.1) is 0 Å². The molecule has 0 saturated carbocycles. The van der Waals surface area contributed by atoms with Crippen molar-refractivity contribution in [2.45, 2.75) is 6.54 Å². The van der Waals surface area contributed by atoms with Crippen LogP contribution in [0.4, 0.5) is 8.78 Å². The van der Waals surface area contributed by atoms with Gasteiger partial charge >= 0.3 is 0 Å². The van der Waals surface area contributed by atoms with Crippen LogP contribution in [0.2, 0.25) is 0 Å². The Bertz CT molecular complexity index is 352. The summed E-state index contributed by atoms with van der Waals surface area (Å²) < 4.78 is 26.0. The minimum absolute atomic E-state index is 0.0314. The van der Waals surface area contributed by atoms with E-state index >= 15 is 0 Å². The zero-order valence-corrected chi connectivity index (χ0v) is 9.26. The molecule has 0 amide bonds. The van der Waals surface area contributed by atoms with E-state index in [-0.39, 0.29) is 16.1 Å². The second-order valence-corrected chi connectivity index (χ2v) is 3.69. The predicted molar refractivity (Wildman–Crippen MR) is 58.6 cm³/mol. The molecule has 0 spiro atoms. The van der Waals surface area contributed by atoms with Crippen molar-refractivity contribution < 1.29 is 8.78 Å². The number of nitrogens with zero attached hydrogens (tertiary/aromatic N) is 1. The first kappa shape index (κ1) is 11.2. The minimum Gasteiger partial charge on any atom is -0.370 e. The minimum atomic E-state index is -0.605. The van der Waals surface area contributed by atoms with E-state index in [1.54, 1.807) is 22.6 Å². The molecule has 0 aliphatic heterocycles. The molecule has 1 aromatic rings. The lowest BCUT2D eigenvalue weighted by atomic mass is 10.2. The van der Waals surface area contributed by atoms with E-state index in [0.29, 0.717) is 5.56 Å². The highest BCUT2D eigenvalue weighted by Gasteiger charge is 2.07. The van der Waals surface area contributed by atoms with E-state index in [4.69, 9.17) is 11.5 Å². The van der Waals surface area contributed by atoms with E-state index in [9.17, 15) is 8.78 Å². The summed E-state index contributed by atoms with van der Waals surface area (Å²) in [5.41, 5.74) is 10.6. The average molecular weight is 315 g/mol. The Morgan fingerprint density at radius 2 is 1.79 bits per heavy atom. The van der Waals surface area contributed by atoms with Crippen molar-refractivity contribution in [2.24, 2.45) is 16.5 Å². The molecule has 0 unspecified atom stereocenters. The topological polar surface area (TPSA) is 64.4 Å². The lowest BCUT2D eigenvalue weighted by molar-refractivity contribution is 0.567. The monoisotopic (exact) mass is 315 g/mol. The first-order valence-corrected chi connectivity index (χ1v) is 4.77. The van der Waals surface area contributed by atoms with Crippen LogP contribution in [0, 0.1) is 15.2 Å². The number of nitrogens with two attached hydrogens (primary N) is 2. The van der Waals surface area contributed by atoms with Crippen molar-refractivity contribution in [1.29, 1.82) is 0 Å². The molecule has 3 nitrogen and oxygen atoms in total. The summed E-state index contributed by atoms with van der Waals surface area (Å²) >= 11 is 1.59. The lowest BCUT2D eigenvalue weighted by Gasteiger charge is -2.01. The SMILES string of the molecule is NC(N)=NCc1cc(F)c([131I])c(F)c1. The molecule has 0 fully saturated rings. The summed E-state index contributed by atoms with van der Waals surface area (Å²) in [6.07, 6.45) is 0. The highest BCUT2D eigenvalue weighted by atomic mass is 131. The number of guanidine groups is 1. The number of hydrogen-bond acceptors (Lipinski definition) is 1. The molecule has 0 bridgehead atoms. The molecule has 0 heterocycles. The van der Waals surface area contributed by atoms with Crippen LogP contribution in [-0.2, 0) is 6.54 Å². The van der Waals surface area contributed by atoms with Crippen LogP contribution in [0.5, 0.6) is 0 Å². The molecule has 0 saturated heterocycles. The number of hydrogen-bond donors (Lipinski definition) is 2. The Morgan fingerprint density at radius 3 is 2.21 bits per heavy atom. The van der Waals surface area contributed by atoms with E-state index in [1.807, 2.05) is 0 Å². The Kier molecular flexibility index (Phi) is 3.62. The maximum atomic E-state index is 13.0. The molecular formula is C8H8F2IN3. The van der Waals surface area contributed by atoms with Crippen LogP contribution in [-0.4, -0.2) is 5.96 Å². The van der Waals surface area contributed by atoms with Crippen LogP contribution in [0.25, 0.3) is 0 Å². The maximum Gasteiger partial charge on any atom is 0.186 e. The summed E-state index contributed by atoms with van der Waals surface area (Å²) in [5.74, 6) is -1.32. The first-order valence-electron chi connectivity index (χ1n) is 3.69. The smallest absolute Gasteiger partial charge is 0.186 e. The van der Waals surface area contributed by atoms with Crippen molar-refractivity contribution in [3.05, 3.63) is 32.9 Å². The Balaban J connectivity index is 2.95. The number of aliphatic imine (C=N–C) groups is 1. The molecule has 76 valence electrons. The Hall–Kier alpha value is -0.920. The van der Waals surface area contributed by atoms with Crippen LogP contribution in [0.3, 0.4) is 0 Å². The van der Waals surface area contributed by atoms with Crippen LogP contribution >= 0.6 is 22.6 Å². The van der Waals surface area contributed by atoms with Gasteiger partial charge in [-0.25, -0.2) is 13.8 Å². The molecule has 1 rings (SSSR count). The van der Waals surface area contributed by atoms with Crippen molar-refractivity contribution in [3.63, 3.8) is 0 Å². The van der Waals surface area contributed by atoms with Gasteiger partial charge in [0.2, 0.25) is 0 Å². The van der Waals surface area contributed by atoms with Crippen molar-refractivity contribution in [2.75, 3.05) is 0 Å². The summed E-state index contributed by atoms with van der Waals surface area (Å²) in [7, 11) is 0. The zero-order valence-electron chi connectivity index (χ0n) is 7.10. The summed E-state index contributed by atoms with van der Waals surface area (Å²) in [6.45, 7) is 0.0765. The first-order chi connectivity index (χ1) is 6.50. The van der Waals surface area contributed by atoms with Gasteiger partial charge in [0.1, 0.15) is 11.6 Å². The second kappa shape index (κ2) is 4.54. The van der Waals surface area contributed by atoms with Gasteiger partial charge in [0.15, 0.2) is 5.96 Å². The quantitative estimate of drug-likeness (QED) is 0.374. The average Bonchev–Trinajstić information content (AvgIpc) is 2.10. The molecular weight excluding hydrogens is 307 g/mol. The lowest BCUT2D eigenvalue weighted by Crippen LogP contribution is -2.22. The molecule has 4 N–H and O–H groups in total. The largest absolute Gasteiger partial charge is 0.370 e. The van der Waals surface area contributed by atoms with Crippen molar-refractivity contribution in [1.82, 2.24) is 0 Å².